The Labute approximate surface area is 94.3 Å². The molecule has 1 unspecified atom stereocenters. The summed E-state index contributed by atoms with van der Waals surface area (Å²) in [4.78, 5) is 23.4. The first-order valence-electron chi connectivity index (χ1n) is 5.43. The lowest BCUT2D eigenvalue weighted by molar-refractivity contribution is 0.100. The second-order valence-corrected chi connectivity index (χ2v) is 3.79. The summed E-state index contributed by atoms with van der Waals surface area (Å²) in [6.07, 6.45) is 2.25. The SMILES string of the molecule is CCCn1ccc(=O)n(CC(C)OC)c1=O. The van der Waals surface area contributed by atoms with E-state index < -0.39 is 0 Å². The van der Waals surface area contributed by atoms with E-state index in [1.54, 1.807) is 17.9 Å². The van der Waals surface area contributed by atoms with E-state index in [4.69, 9.17) is 4.74 Å². The minimum Gasteiger partial charge on any atom is -0.380 e. The zero-order valence-corrected chi connectivity index (χ0v) is 9.97. The van der Waals surface area contributed by atoms with Gasteiger partial charge in [0.2, 0.25) is 0 Å². The van der Waals surface area contributed by atoms with Crippen molar-refractivity contribution in [2.24, 2.45) is 0 Å². The Bertz CT molecular complexity index is 447. The molecule has 0 saturated heterocycles. The van der Waals surface area contributed by atoms with Gasteiger partial charge in [-0.15, -0.1) is 0 Å². The zero-order chi connectivity index (χ0) is 12.1. The van der Waals surface area contributed by atoms with Gasteiger partial charge in [0, 0.05) is 25.9 Å². The van der Waals surface area contributed by atoms with Gasteiger partial charge in [0.15, 0.2) is 0 Å². The predicted molar refractivity (Wildman–Crippen MR) is 61.7 cm³/mol. The van der Waals surface area contributed by atoms with Gasteiger partial charge in [-0.05, 0) is 13.3 Å². The molecule has 0 N–H and O–H groups in total. The molecular weight excluding hydrogens is 208 g/mol. The molecule has 1 atom stereocenters. The average Bonchev–Trinajstić information content (AvgIpc) is 2.28. The Hall–Kier alpha value is -1.36. The number of nitrogens with zero attached hydrogens (tertiary/aromatic N) is 2. The van der Waals surface area contributed by atoms with E-state index >= 15 is 0 Å². The van der Waals surface area contributed by atoms with Gasteiger partial charge in [-0.1, -0.05) is 6.92 Å². The van der Waals surface area contributed by atoms with Gasteiger partial charge in [0.25, 0.3) is 5.56 Å². The van der Waals surface area contributed by atoms with Crippen LogP contribution in [0, 0.1) is 0 Å². The van der Waals surface area contributed by atoms with Crippen molar-refractivity contribution in [3.05, 3.63) is 33.1 Å². The van der Waals surface area contributed by atoms with Crippen LogP contribution in [0.5, 0.6) is 0 Å². The molecule has 16 heavy (non-hydrogen) atoms. The van der Waals surface area contributed by atoms with Crippen molar-refractivity contribution in [2.75, 3.05) is 7.11 Å². The fourth-order valence-electron chi connectivity index (χ4n) is 1.47. The van der Waals surface area contributed by atoms with Crippen LogP contribution in [0.1, 0.15) is 20.3 Å². The van der Waals surface area contributed by atoms with Gasteiger partial charge >= 0.3 is 5.69 Å². The maximum atomic E-state index is 11.9. The number of hydrogen-bond acceptors (Lipinski definition) is 3. The van der Waals surface area contributed by atoms with E-state index in [9.17, 15) is 9.59 Å². The summed E-state index contributed by atoms with van der Waals surface area (Å²) in [5, 5.41) is 0. The topological polar surface area (TPSA) is 53.2 Å². The van der Waals surface area contributed by atoms with Crippen LogP contribution in [-0.2, 0) is 17.8 Å². The maximum absolute atomic E-state index is 11.9. The molecule has 0 bridgehead atoms. The second kappa shape index (κ2) is 5.65. The molecule has 1 aromatic heterocycles. The summed E-state index contributed by atoms with van der Waals surface area (Å²) in [7, 11) is 1.56. The fraction of sp³-hybridized carbons (Fsp3) is 0.636. The quantitative estimate of drug-likeness (QED) is 0.732. The largest absolute Gasteiger partial charge is 0.380 e. The van der Waals surface area contributed by atoms with E-state index in [0.717, 1.165) is 6.42 Å². The third-order valence-electron chi connectivity index (χ3n) is 2.45. The highest BCUT2D eigenvalue weighted by Gasteiger charge is 2.08. The molecule has 90 valence electrons. The Morgan fingerprint density at radius 1 is 1.44 bits per heavy atom. The van der Waals surface area contributed by atoms with E-state index in [-0.39, 0.29) is 17.4 Å². The molecule has 1 rings (SSSR count). The molecule has 5 nitrogen and oxygen atoms in total. The van der Waals surface area contributed by atoms with Crippen LogP contribution in [0.15, 0.2) is 21.9 Å². The molecule has 0 spiro atoms. The minimum atomic E-state index is -0.277. The lowest BCUT2D eigenvalue weighted by Gasteiger charge is -2.12. The first-order chi connectivity index (χ1) is 7.60. The smallest absolute Gasteiger partial charge is 0.331 e. The van der Waals surface area contributed by atoms with Crippen LogP contribution in [0.3, 0.4) is 0 Å². The highest BCUT2D eigenvalue weighted by Crippen LogP contribution is 1.90. The Balaban J connectivity index is 3.11. The normalized spacial score (nSPS) is 12.7. The molecular formula is C11H18N2O3. The van der Waals surface area contributed by atoms with Crippen LogP contribution in [-0.4, -0.2) is 22.3 Å². The number of aromatic nitrogens is 2. The van der Waals surface area contributed by atoms with Crippen molar-refractivity contribution in [3.8, 4) is 0 Å². The lowest BCUT2D eigenvalue weighted by atomic mass is 10.4. The molecule has 0 aliphatic carbocycles. The summed E-state index contributed by atoms with van der Waals surface area (Å²) < 4.78 is 7.81. The van der Waals surface area contributed by atoms with Crippen molar-refractivity contribution in [2.45, 2.75) is 39.5 Å². The summed E-state index contributed by atoms with van der Waals surface area (Å²) in [5.74, 6) is 0. The van der Waals surface area contributed by atoms with Crippen LogP contribution in [0.4, 0.5) is 0 Å². The van der Waals surface area contributed by atoms with Crippen LogP contribution in [0.25, 0.3) is 0 Å². The zero-order valence-electron chi connectivity index (χ0n) is 9.97. The van der Waals surface area contributed by atoms with Gasteiger partial charge in [-0.3, -0.25) is 9.36 Å². The molecule has 0 fully saturated rings. The molecule has 1 heterocycles. The fourth-order valence-corrected chi connectivity index (χ4v) is 1.47. The summed E-state index contributed by atoms with van der Waals surface area (Å²) in [6.45, 7) is 4.72. The molecule has 0 aliphatic rings. The predicted octanol–water partition coefficient (Wildman–Crippen LogP) is 0.455. The van der Waals surface area contributed by atoms with Gasteiger partial charge < -0.3 is 9.30 Å². The highest BCUT2D eigenvalue weighted by molar-refractivity contribution is 4.86. The van der Waals surface area contributed by atoms with Crippen molar-refractivity contribution in [1.82, 2.24) is 9.13 Å². The molecule has 0 saturated carbocycles. The van der Waals surface area contributed by atoms with Gasteiger partial charge in [-0.25, -0.2) is 4.79 Å². The number of hydrogen-bond donors (Lipinski definition) is 0. The number of rotatable bonds is 5. The van der Waals surface area contributed by atoms with Crippen LogP contribution in [0.2, 0.25) is 0 Å². The second-order valence-electron chi connectivity index (χ2n) is 3.79. The van der Waals surface area contributed by atoms with E-state index in [0.29, 0.717) is 13.1 Å². The van der Waals surface area contributed by atoms with Crippen molar-refractivity contribution in [1.29, 1.82) is 0 Å². The monoisotopic (exact) mass is 226 g/mol. The Morgan fingerprint density at radius 2 is 2.12 bits per heavy atom. The van der Waals surface area contributed by atoms with E-state index in [2.05, 4.69) is 0 Å². The number of ether oxygens (including phenoxy) is 1. The van der Waals surface area contributed by atoms with Crippen LogP contribution >= 0.6 is 0 Å². The molecule has 0 aliphatic heterocycles. The third kappa shape index (κ3) is 2.82. The molecule has 5 heteroatoms. The van der Waals surface area contributed by atoms with Crippen molar-refractivity contribution < 1.29 is 4.74 Å². The number of methoxy groups -OCH3 is 1. The van der Waals surface area contributed by atoms with Gasteiger partial charge in [0.05, 0.1) is 12.6 Å². The minimum absolute atomic E-state index is 0.150. The Morgan fingerprint density at radius 3 is 2.69 bits per heavy atom. The molecule has 1 aromatic rings. The van der Waals surface area contributed by atoms with Crippen molar-refractivity contribution in [3.63, 3.8) is 0 Å². The summed E-state index contributed by atoms with van der Waals surface area (Å²) in [6, 6.07) is 1.42. The number of aryl methyl sites for hydroxylation is 1. The average molecular weight is 226 g/mol. The first-order valence-corrected chi connectivity index (χ1v) is 5.43. The first kappa shape index (κ1) is 12.7. The lowest BCUT2D eigenvalue weighted by Crippen LogP contribution is -2.41. The van der Waals surface area contributed by atoms with Crippen molar-refractivity contribution >= 4 is 0 Å². The third-order valence-corrected chi connectivity index (χ3v) is 2.45. The molecule has 0 aromatic carbocycles. The van der Waals surface area contributed by atoms with Gasteiger partial charge in [-0.2, -0.15) is 0 Å². The Kier molecular flexibility index (Phi) is 4.49. The van der Waals surface area contributed by atoms with E-state index in [1.807, 2.05) is 13.8 Å². The maximum Gasteiger partial charge on any atom is 0.331 e. The van der Waals surface area contributed by atoms with Gasteiger partial charge in [0.1, 0.15) is 0 Å². The summed E-state index contributed by atoms with van der Waals surface area (Å²) in [5.41, 5.74) is -0.542. The standard InChI is InChI=1S/C11H18N2O3/c1-4-6-12-7-5-10(14)13(11(12)15)8-9(2)16-3/h5,7,9H,4,6,8H2,1-3H3. The molecule has 0 radical (unpaired) electrons. The van der Waals surface area contributed by atoms with E-state index in [1.165, 1.54) is 10.6 Å². The summed E-state index contributed by atoms with van der Waals surface area (Å²) >= 11 is 0. The van der Waals surface area contributed by atoms with Crippen LogP contribution < -0.4 is 11.2 Å². The highest BCUT2D eigenvalue weighted by atomic mass is 16.5. The molecule has 0 amide bonds.